The van der Waals surface area contributed by atoms with E-state index in [1.54, 1.807) is 12.4 Å². The van der Waals surface area contributed by atoms with Crippen molar-refractivity contribution in [3.05, 3.63) is 72.2 Å². The molecule has 6 heteroatoms. The van der Waals surface area contributed by atoms with Gasteiger partial charge in [-0.05, 0) is 31.5 Å². The van der Waals surface area contributed by atoms with Crippen LogP contribution >= 0.6 is 0 Å². The Hall–Kier alpha value is -3.28. The number of rotatable bonds is 6. The van der Waals surface area contributed by atoms with Crippen LogP contribution < -0.4 is 10.6 Å². The van der Waals surface area contributed by atoms with Crippen molar-refractivity contribution in [3.63, 3.8) is 0 Å². The number of aryl methyl sites for hydroxylation is 1. The van der Waals surface area contributed by atoms with Crippen molar-refractivity contribution < 1.29 is 4.79 Å². The number of nitrogens with zero attached hydrogens (tertiary/aromatic N) is 3. The van der Waals surface area contributed by atoms with E-state index in [4.69, 9.17) is 0 Å². The molecule has 0 spiro atoms. The summed E-state index contributed by atoms with van der Waals surface area (Å²) in [7, 11) is 0. The van der Waals surface area contributed by atoms with Gasteiger partial charge in [0.25, 0.3) is 0 Å². The molecule has 0 radical (unpaired) electrons. The van der Waals surface area contributed by atoms with E-state index >= 15 is 0 Å². The van der Waals surface area contributed by atoms with E-state index in [-0.39, 0.29) is 5.91 Å². The molecule has 0 aliphatic carbocycles. The van der Waals surface area contributed by atoms with Gasteiger partial charge in [-0.15, -0.1) is 0 Å². The quantitative estimate of drug-likeness (QED) is 0.717. The molecule has 1 atom stereocenters. The number of hydrogen-bond donors (Lipinski definition) is 2. The van der Waals surface area contributed by atoms with E-state index in [0.717, 1.165) is 16.8 Å². The molecule has 0 saturated heterocycles. The zero-order valence-electron chi connectivity index (χ0n) is 14.8. The molecule has 26 heavy (non-hydrogen) atoms. The third-order valence-electron chi connectivity index (χ3n) is 3.86. The van der Waals surface area contributed by atoms with E-state index in [1.807, 2.05) is 62.4 Å². The summed E-state index contributed by atoms with van der Waals surface area (Å²) in [4.78, 5) is 25.3. The second kappa shape index (κ2) is 8.20. The number of carbonyl (C=O) groups excluding carboxylic acids is 1. The van der Waals surface area contributed by atoms with Crippen LogP contribution in [0.2, 0.25) is 0 Å². The van der Waals surface area contributed by atoms with E-state index in [2.05, 4.69) is 25.6 Å². The zero-order chi connectivity index (χ0) is 18.4. The van der Waals surface area contributed by atoms with Crippen molar-refractivity contribution in [1.29, 1.82) is 0 Å². The van der Waals surface area contributed by atoms with Crippen LogP contribution in [0, 0.1) is 6.92 Å². The predicted molar refractivity (Wildman–Crippen MR) is 101 cm³/mol. The molecule has 1 aromatic carbocycles. The molecule has 0 saturated carbocycles. The van der Waals surface area contributed by atoms with Gasteiger partial charge in [0.1, 0.15) is 11.9 Å². The second-order valence-corrected chi connectivity index (χ2v) is 6.02. The van der Waals surface area contributed by atoms with Crippen molar-refractivity contribution in [3.8, 4) is 11.4 Å². The number of nitrogens with one attached hydrogen (secondary N) is 2. The average molecular weight is 347 g/mol. The first kappa shape index (κ1) is 17.5. The molecule has 0 unspecified atom stereocenters. The standard InChI is InChI=1S/C20H21N5O/c1-14-12-18(25-19(23-14)17-8-10-21-11-9-17)24-15(2)20(26)22-13-16-6-4-3-5-7-16/h3-12,15H,13H2,1-2H3,(H,22,26)(H,23,24,25)/t15-/m1/s1. The molecule has 2 heterocycles. The van der Waals surface area contributed by atoms with Gasteiger partial charge in [0.15, 0.2) is 5.82 Å². The second-order valence-electron chi connectivity index (χ2n) is 6.02. The first-order valence-corrected chi connectivity index (χ1v) is 8.46. The lowest BCUT2D eigenvalue weighted by atomic mass is 10.2. The highest BCUT2D eigenvalue weighted by Crippen LogP contribution is 2.17. The van der Waals surface area contributed by atoms with Crippen molar-refractivity contribution in [2.24, 2.45) is 0 Å². The van der Waals surface area contributed by atoms with Gasteiger partial charge in [-0.1, -0.05) is 30.3 Å². The van der Waals surface area contributed by atoms with Crippen LogP contribution in [-0.2, 0) is 11.3 Å². The molecule has 0 aliphatic heterocycles. The number of aromatic nitrogens is 3. The highest BCUT2D eigenvalue weighted by Gasteiger charge is 2.14. The van der Waals surface area contributed by atoms with Gasteiger partial charge in [-0.2, -0.15) is 0 Å². The third kappa shape index (κ3) is 4.63. The summed E-state index contributed by atoms with van der Waals surface area (Å²) in [6.07, 6.45) is 3.40. The Morgan fingerprint density at radius 1 is 1.08 bits per heavy atom. The number of anilines is 1. The van der Waals surface area contributed by atoms with Crippen LogP contribution in [0.3, 0.4) is 0 Å². The summed E-state index contributed by atoms with van der Waals surface area (Å²) in [5, 5.41) is 6.08. The Kier molecular flexibility index (Phi) is 5.53. The maximum atomic E-state index is 12.3. The summed E-state index contributed by atoms with van der Waals surface area (Å²) >= 11 is 0. The van der Waals surface area contributed by atoms with Crippen molar-refractivity contribution in [2.45, 2.75) is 26.4 Å². The Bertz CT molecular complexity index is 868. The SMILES string of the molecule is Cc1cc(N[C@H](C)C(=O)NCc2ccccc2)nc(-c2ccncc2)n1. The van der Waals surface area contributed by atoms with Gasteiger partial charge in [0.05, 0.1) is 0 Å². The smallest absolute Gasteiger partial charge is 0.242 e. The lowest BCUT2D eigenvalue weighted by Gasteiger charge is -2.15. The molecule has 3 aromatic rings. The summed E-state index contributed by atoms with van der Waals surface area (Å²) < 4.78 is 0. The molecule has 1 amide bonds. The largest absolute Gasteiger partial charge is 0.359 e. The molecule has 132 valence electrons. The Morgan fingerprint density at radius 2 is 1.81 bits per heavy atom. The Morgan fingerprint density at radius 3 is 2.54 bits per heavy atom. The van der Waals surface area contributed by atoms with E-state index < -0.39 is 6.04 Å². The Labute approximate surface area is 152 Å². The van der Waals surface area contributed by atoms with Crippen LogP contribution in [0.5, 0.6) is 0 Å². The summed E-state index contributed by atoms with van der Waals surface area (Å²) in [6.45, 7) is 4.21. The van der Waals surface area contributed by atoms with Gasteiger partial charge < -0.3 is 10.6 Å². The topological polar surface area (TPSA) is 79.8 Å². The molecule has 3 rings (SSSR count). The fourth-order valence-corrected chi connectivity index (χ4v) is 2.50. The summed E-state index contributed by atoms with van der Waals surface area (Å²) in [5.74, 6) is 1.13. The monoisotopic (exact) mass is 347 g/mol. The van der Waals surface area contributed by atoms with Gasteiger partial charge in [0, 0.05) is 36.3 Å². The first-order chi connectivity index (χ1) is 12.6. The van der Waals surface area contributed by atoms with Gasteiger partial charge in [-0.25, -0.2) is 9.97 Å². The summed E-state index contributed by atoms with van der Waals surface area (Å²) in [6, 6.07) is 14.9. The van der Waals surface area contributed by atoms with Gasteiger partial charge >= 0.3 is 0 Å². The number of carbonyl (C=O) groups is 1. The molecule has 0 aliphatic rings. The minimum absolute atomic E-state index is 0.0874. The molecule has 2 aromatic heterocycles. The first-order valence-electron chi connectivity index (χ1n) is 8.46. The number of amides is 1. The average Bonchev–Trinajstić information content (AvgIpc) is 2.67. The van der Waals surface area contributed by atoms with Crippen LogP contribution in [0.4, 0.5) is 5.82 Å². The fourth-order valence-electron chi connectivity index (χ4n) is 2.50. The van der Waals surface area contributed by atoms with Crippen LogP contribution in [0.1, 0.15) is 18.2 Å². The zero-order valence-corrected chi connectivity index (χ0v) is 14.8. The van der Waals surface area contributed by atoms with Gasteiger partial charge in [-0.3, -0.25) is 9.78 Å². The van der Waals surface area contributed by atoms with Gasteiger partial charge in [0.2, 0.25) is 5.91 Å². The van der Waals surface area contributed by atoms with Crippen molar-refractivity contribution in [1.82, 2.24) is 20.3 Å². The molecular formula is C20H21N5O. The van der Waals surface area contributed by atoms with Crippen molar-refractivity contribution in [2.75, 3.05) is 5.32 Å². The van der Waals surface area contributed by atoms with E-state index in [9.17, 15) is 4.79 Å². The van der Waals surface area contributed by atoms with Crippen molar-refractivity contribution >= 4 is 11.7 Å². The number of pyridine rings is 1. The lowest BCUT2D eigenvalue weighted by Crippen LogP contribution is -2.37. The highest BCUT2D eigenvalue weighted by molar-refractivity contribution is 5.83. The fraction of sp³-hybridized carbons (Fsp3) is 0.200. The molecule has 2 N–H and O–H groups in total. The normalized spacial score (nSPS) is 11.6. The van der Waals surface area contributed by atoms with Crippen LogP contribution in [0.15, 0.2) is 60.9 Å². The summed E-state index contributed by atoms with van der Waals surface area (Å²) in [5.41, 5.74) is 2.77. The molecular weight excluding hydrogens is 326 g/mol. The molecule has 6 nitrogen and oxygen atoms in total. The minimum Gasteiger partial charge on any atom is -0.359 e. The predicted octanol–water partition coefficient (Wildman–Crippen LogP) is 2.96. The maximum absolute atomic E-state index is 12.3. The molecule has 0 bridgehead atoms. The molecule has 0 fully saturated rings. The third-order valence-corrected chi connectivity index (χ3v) is 3.86. The van der Waals surface area contributed by atoms with Crippen LogP contribution in [0.25, 0.3) is 11.4 Å². The number of hydrogen-bond acceptors (Lipinski definition) is 5. The lowest BCUT2D eigenvalue weighted by molar-refractivity contribution is -0.121. The van der Waals surface area contributed by atoms with E-state index in [0.29, 0.717) is 18.2 Å². The highest BCUT2D eigenvalue weighted by atomic mass is 16.2. The minimum atomic E-state index is -0.418. The Balaban J connectivity index is 1.66. The number of benzene rings is 1. The maximum Gasteiger partial charge on any atom is 0.242 e. The van der Waals surface area contributed by atoms with Crippen LogP contribution in [-0.4, -0.2) is 26.9 Å². The van der Waals surface area contributed by atoms with E-state index in [1.165, 1.54) is 0 Å².